The lowest BCUT2D eigenvalue weighted by Crippen LogP contribution is -1.97. The second kappa shape index (κ2) is 2.93. The molecule has 0 N–H and O–H groups in total. The molecular weight excluding hydrogens is 150 g/mol. The summed E-state index contributed by atoms with van der Waals surface area (Å²) in [5.41, 5.74) is 2.71. The summed E-state index contributed by atoms with van der Waals surface area (Å²) < 4.78 is 1.96. The molecule has 0 saturated carbocycles. The fourth-order valence-electron chi connectivity index (χ4n) is 1.29. The number of allylic oxidation sites excluding steroid dienone is 4. The molecule has 0 amide bonds. The van der Waals surface area contributed by atoms with Crippen LogP contribution in [0.3, 0.4) is 0 Å². The first-order chi connectivity index (χ1) is 5.86. The van der Waals surface area contributed by atoms with E-state index in [1.807, 2.05) is 4.57 Å². The van der Waals surface area contributed by atoms with Gasteiger partial charge in [0.25, 0.3) is 0 Å². The molecule has 3 heteroatoms. The van der Waals surface area contributed by atoms with Crippen molar-refractivity contribution >= 4 is 5.70 Å². The second-order valence-corrected chi connectivity index (χ2v) is 3.04. The monoisotopic (exact) mass is 161 g/mol. The van der Waals surface area contributed by atoms with Crippen molar-refractivity contribution in [2.45, 2.75) is 19.8 Å². The molecule has 3 nitrogen and oxygen atoms in total. The Bertz CT molecular complexity index is 320. The van der Waals surface area contributed by atoms with Gasteiger partial charge >= 0.3 is 0 Å². The Labute approximate surface area is 71.4 Å². The van der Waals surface area contributed by atoms with Crippen LogP contribution in [-0.2, 0) is 0 Å². The summed E-state index contributed by atoms with van der Waals surface area (Å²) in [7, 11) is 0. The van der Waals surface area contributed by atoms with E-state index in [0.29, 0.717) is 0 Å². The minimum Gasteiger partial charge on any atom is -0.292 e. The second-order valence-electron chi connectivity index (χ2n) is 3.04. The Balaban J connectivity index is 2.27. The van der Waals surface area contributed by atoms with E-state index in [1.54, 1.807) is 12.7 Å². The first-order valence-corrected chi connectivity index (χ1v) is 4.07. The van der Waals surface area contributed by atoms with Gasteiger partial charge in [-0.1, -0.05) is 11.6 Å². The molecule has 1 aliphatic carbocycles. The van der Waals surface area contributed by atoms with Gasteiger partial charge in [0.2, 0.25) is 0 Å². The maximum Gasteiger partial charge on any atom is 0.123 e. The van der Waals surface area contributed by atoms with Crippen LogP contribution in [0.25, 0.3) is 5.70 Å². The average molecular weight is 161 g/mol. The van der Waals surface area contributed by atoms with Gasteiger partial charge in [-0.15, -0.1) is 10.2 Å². The quantitative estimate of drug-likeness (QED) is 0.629. The van der Waals surface area contributed by atoms with Gasteiger partial charge in [0.1, 0.15) is 12.7 Å². The van der Waals surface area contributed by atoms with E-state index in [-0.39, 0.29) is 0 Å². The lowest BCUT2D eigenvalue weighted by atomic mass is 10.0. The van der Waals surface area contributed by atoms with Crippen molar-refractivity contribution in [1.29, 1.82) is 0 Å². The largest absolute Gasteiger partial charge is 0.292 e. The molecule has 0 fully saturated rings. The zero-order valence-electron chi connectivity index (χ0n) is 7.07. The summed E-state index contributed by atoms with van der Waals surface area (Å²) in [5.74, 6) is 0. The summed E-state index contributed by atoms with van der Waals surface area (Å²) in [4.78, 5) is 0. The molecule has 1 aromatic rings. The van der Waals surface area contributed by atoms with Crippen LogP contribution in [0.2, 0.25) is 0 Å². The van der Waals surface area contributed by atoms with E-state index in [2.05, 4.69) is 29.3 Å². The maximum atomic E-state index is 3.77. The third-order valence-electron chi connectivity index (χ3n) is 2.09. The van der Waals surface area contributed by atoms with Gasteiger partial charge in [-0.2, -0.15) is 0 Å². The van der Waals surface area contributed by atoms with E-state index in [4.69, 9.17) is 0 Å². The first-order valence-electron chi connectivity index (χ1n) is 4.07. The van der Waals surface area contributed by atoms with E-state index < -0.39 is 0 Å². The average Bonchev–Trinajstić information content (AvgIpc) is 2.58. The topological polar surface area (TPSA) is 30.7 Å². The molecule has 0 saturated heterocycles. The number of rotatable bonds is 1. The maximum absolute atomic E-state index is 3.77. The van der Waals surface area contributed by atoms with E-state index in [1.165, 1.54) is 11.3 Å². The molecule has 1 aliphatic rings. The molecule has 0 unspecified atom stereocenters. The van der Waals surface area contributed by atoms with E-state index >= 15 is 0 Å². The Morgan fingerprint density at radius 3 is 2.50 bits per heavy atom. The molecule has 0 radical (unpaired) electrons. The van der Waals surface area contributed by atoms with Crippen LogP contribution >= 0.6 is 0 Å². The SMILES string of the molecule is CC1=CC=C(n2cnnc2)CC1. The zero-order chi connectivity index (χ0) is 8.39. The van der Waals surface area contributed by atoms with Crippen LogP contribution in [0.5, 0.6) is 0 Å². The summed E-state index contributed by atoms with van der Waals surface area (Å²) in [6.45, 7) is 2.15. The highest BCUT2D eigenvalue weighted by Gasteiger charge is 2.04. The molecule has 62 valence electrons. The number of nitrogens with zero attached hydrogens (tertiary/aromatic N) is 3. The minimum atomic E-state index is 1.08. The van der Waals surface area contributed by atoms with Gasteiger partial charge in [0, 0.05) is 5.70 Å². The Morgan fingerprint density at radius 2 is 1.92 bits per heavy atom. The van der Waals surface area contributed by atoms with Crippen molar-refractivity contribution in [3.63, 3.8) is 0 Å². The molecule has 1 heterocycles. The van der Waals surface area contributed by atoms with Crippen molar-refractivity contribution in [3.05, 3.63) is 30.4 Å². The molecule has 0 spiro atoms. The van der Waals surface area contributed by atoms with Gasteiger partial charge in [0.05, 0.1) is 0 Å². The standard InChI is InChI=1S/C9H11N3/c1-8-2-4-9(5-3-8)12-6-10-11-7-12/h2,4,6-7H,3,5H2,1H3. The molecule has 1 aromatic heterocycles. The van der Waals surface area contributed by atoms with Crippen molar-refractivity contribution in [3.8, 4) is 0 Å². The minimum absolute atomic E-state index is 1.08. The van der Waals surface area contributed by atoms with E-state index in [0.717, 1.165) is 12.8 Å². The van der Waals surface area contributed by atoms with Crippen molar-refractivity contribution in [2.75, 3.05) is 0 Å². The molecule has 0 aromatic carbocycles. The van der Waals surface area contributed by atoms with Crippen molar-refractivity contribution in [1.82, 2.24) is 14.8 Å². The van der Waals surface area contributed by atoms with Gasteiger partial charge < -0.3 is 0 Å². The zero-order valence-corrected chi connectivity index (χ0v) is 7.07. The molecular formula is C9H11N3. The Kier molecular flexibility index (Phi) is 1.78. The normalized spacial score (nSPS) is 17.1. The van der Waals surface area contributed by atoms with Crippen LogP contribution in [0.1, 0.15) is 19.8 Å². The number of aromatic nitrogens is 3. The van der Waals surface area contributed by atoms with Crippen LogP contribution < -0.4 is 0 Å². The predicted octanol–water partition coefficient (Wildman–Crippen LogP) is 1.86. The van der Waals surface area contributed by atoms with Crippen LogP contribution in [-0.4, -0.2) is 14.8 Å². The molecule has 0 aliphatic heterocycles. The van der Waals surface area contributed by atoms with Gasteiger partial charge in [-0.05, 0) is 25.8 Å². The van der Waals surface area contributed by atoms with Crippen LogP contribution in [0.15, 0.2) is 30.4 Å². The van der Waals surface area contributed by atoms with E-state index in [9.17, 15) is 0 Å². The third-order valence-corrected chi connectivity index (χ3v) is 2.09. The smallest absolute Gasteiger partial charge is 0.123 e. The summed E-state index contributed by atoms with van der Waals surface area (Å²) in [6.07, 6.45) is 9.98. The highest BCUT2D eigenvalue weighted by Crippen LogP contribution is 2.20. The summed E-state index contributed by atoms with van der Waals surface area (Å²) in [6, 6.07) is 0. The lowest BCUT2D eigenvalue weighted by molar-refractivity contribution is 0.899. The summed E-state index contributed by atoms with van der Waals surface area (Å²) in [5, 5.41) is 7.54. The predicted molar refractivity (Wildman–Crippen MR) is 47.3 cm³/mol. The number of hydrogen-bond acceptors (Lipinski definition) is 2. The Morgan fingerprint density at radius 1 is 1.17 bits per heavy atom. The van der Waals surface area contributed by atoms with Crippen LogP contribution in [0.4, 0.5) is 0 Å². The molecule has 0 atom stereocenters. The van der Waals surface area contributed by atoms with Gasteiger partial charge in [-0.3, -0.25) is 4.57 Å². The Hall–Kier alpha value is -1.38. The third kappa shape index (κ3) is 1.30. The van der Waals surface area contributed by atoms with Crippen molar-refractivity contribution in [2.24, 2.45) is 0 Å². The highest BCUT2D eigenvalue weighted by atomic mass is 15.2. The van der Waals surface area contributed by atoms with Gasteiger partial charge in [0.15, 0.2) is 0 Å². The lowest BCUT2D eigenvalue weighted by Gasteiger charge is -2.11. The highest BCUT2D eigenvalue weighted by molar-refractivity contribution is 5.50. The fourth-order valence-corrected chi connectivity index (χ4v) is 1.29. The molecule has 12 heavy (non-hydrogen) atoms. The van der Waals surface area contributed by atoms with Gasteiger partial charge in [-0.25, -0.2) is 0 Å². The summed E-state index contributed by atoms with van der Waals surface area (Å²) >= 11 is 0. The van der Waals surface area contributed by atoms with Crippen LogP contribution in [0, 0.1) is 0 Å². The first kappa shape index (κ1) is 7.28. The molecule has 0 bridgehead atoms. The number of hydrogen-bond donors (Lipinski definition) is 0. The fraction of sp³-hybridized carbons (Fsp3) is 0.333. The van der Waals surface area contributed by atoms with Crippen molar-refractivity contribution < 1.29 is 0 Å². The molecule has 2 rings (SSSR count).